The number of anilines is 2. The topological polar surface area (TPSA) is 90.8 Å². The first-order chi connectivity index (χ1) is 13.5. The lowest BCUT2D eigenvalue weighted by Gasteiger charge is -2.13. The van der Waals surface area contributed by atoms with Gasteiger partial charge < -0.3 is 16.0 Å². The maximum absolute atomic E-state index is 14.6. The lowest BCUT2D eigenvalue weighted by molar-refractivity contribution is 0.102. The molecule has 7 heteroatoms. The average molecular weight is 379 g/mol. The molecule has 2 aliphatic carbocycles. The van der Waals surface area contributed by atoms with Crippen LogP contribution >= 0.6 is 0 Å². The van der Waals surface area contributed by atoms with Crippen LogP contribution in [0.1, 0.15) is 41.7 Å². The molecule has 1 amide bonds. The van der Waals surface area contributed by atoms with Crippen molar-refractivity contribution in [3.8, 4) is 0 Å². The predicted molar refractivity (Wildman–Crippen MR) is 106 cm³/mol. The van der Waals surface area contributed by atoms with Crippen molar-refractivity contribution in [3.63, 3.8) is 0 Å². The zero-order valence-corrected chi connectivity index (χ0v) is 15.6. The Labute approximate surface area is 162 Å². The van der Waals surface area contributed by atoms with E-state index >= 15 is 0 Å². The molecule has 144 valence electrons. The van der Waals surface area contributed by atoms with Crippen molar-refractivity contribution in [2.24, 2.45) is 11.8 Å². The van der Waals surface area contributed by atoms with Gasteiger partial charge in [-0.2, -0.15) is 0 Å². The van der Waals surface area contributed by atoms with Crippen LogP contribution < -0.4 is 10.6 Å². The summed E-state index contributed by atoms with van der Waals surface area (Å²) in [6.07, 6.45) is 8.94. The minimum absolute atomic E-state index is 0.346. The number of nitrogens with zero attached hydrogens (tertiary/aromatic N) is 2. The molecule has 0 aliphatic heterocycles. The van der Waals surface area contributed by atoms with E-state index in [1.807, 2.05) is 6.08 Å². The number of nitrogens with one attached hydrogen (secondary N) is 3. The predicted octanol–water partition coefficient (Wildman–Crippen LogP) is 4.31. The Balaban J connectivity index is 1.47. The van der Waals surface area contributed by atoms with Crippen molar-refractivity contribution in [3.05, 3.63) is 59.6 Å². The number of halogens is 1. The second kappa shape index (κ2) is 7.50. The third-order valence-corrected chi connectivity index (χ3v) is 5.01. The number of benzene rings is 1. The van der Waals surface area contributed by atoms with E-state index in [-0.39, 0.29) is 5.91 Å². The molecule has 2 saturated carbocycles. The van der Waals surface area contributed by atoms with Crippen LogP contribution in [0.25, 0.3) is 0 Å². The first-order valence-electron chi connectivity index (χ1n) is 9.46. The van der Waals surface area contributed by atoms with E-state index in [1.165, 1.54) is 18.6 Å². The van der Waals surface area contributed by atoms with Crippen molar-refractivity contribution >= 4 is 23.0 Å². The molecule has 2 aliphatic rings. The summed E-state index contributed by atoms with van der Waals surface area (Å²) in [5.74, 6) is -0.0969. The van der Waals surface area contributed by atoms with Crippen molar-refractivity contribution in [2.75, 3.05) is 10.6 Å². The van der Waals surface area contributed by atoms with Crippen LogP contribution in [0.15, 0.2) is 42.5 Å². The van der Waals surface area contributed by atoms with E-state index in [0.29, 0.717) is 40.2 Å². The van der Waals surface area contributed by atoms with Crippen LogP contribution in [0, 0.1) is 30.0 Å². The summed E-state index contributed by atoms with van der Waals surface area (Å²) in [5.41, 5.74) is 3.15. The molecule has 0 bridgehead atoms. The minimum atomic E-state index is -0.455. The zero-order valence-electron chi connectivity index (χ0n) is 15.6. The molecule has 1 heterocycles. The van der Waals surface area contributed by atoms with Gasteiger partial charge in [0, 0.05) is 29.2 Å². The highest BCUT2D eigenvalue weighted by Crippen LogP contribution is 2.39. The van der Waals surface area contributed by atoms with Crippen LogP contribution in [0.5, 0.6) is 0 Å². The molecule has 2 aromatic rings. The molecule has 0 saturated heterocycles. The fourth-order valence-corrected chi connectivity index (χ4v) is 2.99. The summed E-state index contributed by atoms with van der Waals surface area (Å²) in [7, 11) is 0. The van der Waals surface area contributed by atoms with Gasteiger partial charge in [-0.3, -0.25) is 4.79 Å². The van der Waals surface area contributed by atoms with Crippen LogP contribution in [0.4, 0.5) is 15.8 Å². The van der Waals surface area contributed by atoms with E-state index in [4.69, 9.17) is 5.41 Å². The summed E-state index contributed by atoms with van der Waals surface area (Å²) < 4.78 is 14.6. The number of aromatic nitrogens is 2. The molecule has 3 N–H and O–H groups in total. The fraction of sp³-hybridized carbons (Fsp3) is 0.333. The summed E-state index contributed by atoms with van der Waals surface area (Å²) >= 11 is 0. The molecule has 0 unspecified atom stereocenters. The van der Waals surface area contributed by atoms with Gasteiger partial charge in [0.2, 0.25) is 0 Å². The van der Waals surface area contributed by atoms with Gasteiger partial charge in [-0.25, -0.2) is 14.4 Å². The number of carbonyl (C=O) groups excluding carboxylic acids is 1. The smallest absolute Gasteiger partial charge is 0.259 e. The van der Waals surface area contributed by atoms with E-state index in [2.05, 4.69) is 20.6 Å². The van der Waals surface area contributed by atoms with Crippen molar-refractivity contribution < 1.29 is 9.18 Å². The minimum Gasteiger partial charge on any atom is -0.356 e. The highest BCUT2D eigenvalue weighted by molar-refractivity contribution is 6.04. The second-order valence-electron chi connectivity index (χ2n) is 7.40. The number of allylic oxidation sites excluding steroid dienone is 2. The van der Waals surface area contributed by atoms with Gasteiger partial charge in [0.15, 0.2) is 0 Å². The largest absolute Gasteiger partial charge is 0.356 e. The van der Waals surface area contributed by atoms with E-state index in [9.17, 15) is 9.18 Å². The molecule has 0 atom stereocenters. The first-order valence-corrected chi connectivity index (χ1v) is 9.46. The SMILES string of the molecule is Cc1ncncc1C(=O)Nc1ccc(N/C(=C\C(=N)C2CC2)C2CC2)c(F)c1. The molecule has 6 nitrogen and oxygen atoms in total. The van der Waals surface area contributed by atoms with Crippen LogP contribution in [0.3, 0.4) is 0 Å². The Hall–Kier alpha value is -3.09. The van der Waals surface area contributed by atoms with Gasteiger partial charge in [-0.1, -0.05) is 0 Å². The Bertz CT molecular complexity index is 963. The number of hydrogen-bond acceptors (Lipinski definition) is 5. The number of aryl methyl sites for hydroxylation is 1. The molecule has 0 spiro atoms. The fourth-order valence-electron chi connectivity index (χ4n) is 2.99. The van der Waals surface area contributed by atoms with Gasteiger partial charge in [0.1, 0.15) is 12.1 Å². The Kier molecular flexibility index (Phi) is 4.90. The third-order valence-electron chi connectivity index (χ3n) is 5.01. The summed E-state index contributed by atoms with van der Waals surface area (Å²) in [6, 6.07) is 4.55. The van der Waals surface area contributed by atoms with Crippen molar-refractivity contribution in [1.29, 1.82) is 5.41 Å². The van der Waals surface area contributed by atoms with Crippen molar-refractivity contribution in [1.82, 2.24) is 9.97 Å². The molecule has 1 aromatic heterocycles. The summed E-state index contributed by atoms with van der Waals surface area (Å²) in [5, 5.41) is 14.0. The van der Waals surface area contributed by atoms with Crippen molar-refractivity contribution in [2.45, 2.75) is 32.6 Å². The zero-order chi connectivity index (χ0) is 19.7. The number of amides is 1. The van der Waals surface area contributed by atoms with Gasteiger partial charge >= 0.3 is 0 Å². The molecule has 2 fully saturated rings. The normalized spacial score (nSPS) is 16.6. The maximum atomic E-state index is 14.6. The average Bonchev–Trinajstić information content (AvgIpc) is 3.56. The highest BCUT2D eigenvalue weighted by atomic mass is 19.1. The van der Waals surface area contributed by atoms with E-state index in [0.717, 1.165) is 31.4 Å². The molecule has 28 heavy (non-hydrogen) atoms. The number of carbonyl (C=O) groups is 1. The Morgan fingerprint density at radius 1 is 1.21 bits per heavy atom. The molecule has 1 aromatic carbocycles. The Morgan fingerprint density at radius 3 is 2.61 bits per heavy atom. The van der Waals surface area contributed by atoms with Crippen LogP contribution in [-0.2, 0) is 0 Å². The monoisotopic (exact) mass is 379 g/mol. The standard InChI is InChI=1S/C21H22FN5O/c1-12-16(10-24-11-25-12)21(28)26-15-6-7-19(17(22)8-15)27-20(14-4-5-14)9-18(23)13-2-3-13/h6-11,13-14,23,27H,2-5H2,1H3,(H,26,28)/b20-9-,23-18?. The number of hydrogen-bond donors (Lipinski definition) is 3. The van der Waals surface area contributed by atoms with Gasteiger partial charge in [-0.15, -0.1) is 0 Å². The second-order valence-corrected chi connectivity index (χ2v) is 7.40. The summed E-state index contributed by atoms with van der Waals surface area (Å²) in [4.78, 5) is 20.2. The molecule has 0 radical (unpaired) electrons. The van der Waals surface area contributed by atoms with Crippen LogP contribution in [0.2, 0.25) is 0 Å². The first kappa shape index (κ1) is 18.3. The van der Waals surface area contributed by atoms with E-state index < -0.39 is 5.82 Å². The molecule has 4 rings (SSSR count). The molecular weight excluding hydrogens is 357 g/mol. The quantitative estimate of drug-likeness (QED) is 0.625. The maximum Gasteiger partial charge on any atom is 0.259 e. The highest BCUT2D eigenvalue weighted by Gasteiger charge is 2.30. The lowest BCUT2D eigenvalue weighted by Crippen LogP contribution is -2.15. The molecular formula is C21H22FN5O. The third kappa shape index (κ3) is 4.24. The van der Waals surface area contributed by atoms with Gasteiger partial charge in [-0.05, 0) is 62.8 Å². The van der Waals surface area contributed by atoms with Gasteiger partial charge in [0.05, 0.1) is 16.9 Å². The van der Waals surface area contributed by atoms with Crippen LogP contribution in [-0.4, -0.2) is 21.6 Å². The van der Waals surface area contributed by atoms with Gasteiger partial charge in [0.25, 0.3) is 5.91 Å². The Morgan fingerprint density at radius 2 is 1.96 bits per heavy atom. The summed E-state index contributed by atoms with van der Waals surface area (Å²) in [6.45, 7) is 1.72. The van der Waals surface area contributed by atoms with E-state index in [1.54, 1.807) is 19.1 Å². The lowest BCUT2D eigenvalue weighted by atomic mass is 10.1. The number of rotatable bonds is 7.